The zero-order chi connectivity index (χ0) is 26.4. The number of methoxy groups -OCH3 is 1. The van der Waals surface area contributed by atoms with Gasteiger partial charge in [0.2, 0.25) is 0 Å². The fraction of sp³-hybridized carbons (Fsp3) is 0.200. The van der Waals surface area contributed by atoms with Crippen molar-refractivity contribution in [2.45, 2.75) is 25.8 Å². The Balaban J connectivity index is 1.57. The Bertz CT molecular complexity index is 1770. The zero-order valence-electron chi connectivity index (χ0n) is 20.9. The molecule has 0 bridgehead atoms. The van der Waals surface area contributed by atoms with E-state index in [0.717, 1.165) is 46.6 Å². The molecule has 0 saturated heterocycles. The fourth-order valence-corrected chi connectivity index (χ4v) is 6.85. The minimum Gasteiger partial charge on any atom is -0.504 e. The van der Waals surface area contributed by atoms with Crippen LogP contribution in [0.4, 0.5) is 0 Å². The van der Waals surface area contributed by atoms with E-state index in [9.17, 15) is 9.90 Å². The van der Waals surface area contributed by atoms with E-state index in [2.05, 4.69) is 52.9 Å². The summed E-state index contributed by atoms with van der Waals surface area (Å²) in [6.07, 6.45) is 3.60. The van der Waals surface area contributed by atoms with E-state index < -0.39 is 0 Å². The highest BCUT2D eigenvalue weighted by Crippen LogP contribution is 2.41. The molecule has 0 amide bonds. The standard InChI is InChI=1S/C30H25IN2O4S/c1-3-37-20-11-8-19(9-12-20)27-22-13-10-18-6-4-5-7-21(18)26(22)32-30-33(27)29(35)25(38-30)16-17-14-23(31)28(34)24(15-17)36-2/h4-9,11-12,14-16,27,34H,3,10,13H2,1-2H3. The van der Waals surface area contributed by atoms with Gasteiger partial charge in [0.1, 0.15) is 5.75 Å². The summed E-state index contributed by atoms with van der Waals surface area (Å²) >= 11 is 3.45. The van der Waals surface area contributed by atoms with Crippen molar-refractivity contribution >= 4 is 45.7 Å². The average Bonchev–Trinajstić information content (AvgIpc) is 3.24. The molecule has 6 rings (SSSR count). The van der Waals surface area contributed by atoms with Crippen LogP contribution in [0.2, 0.25) is 0 Å². The quantitative estimate of drug-likeness (QED) is 0.312. The lowest BCUT2D eigenvalue weighted by Crippen LogP contribution is -2.38. The van der Waals surface area contributed by atoms with Crippen molar-refractivity contribution in [3.05, 3.63) is 112 Å². The van der Waals surface area contributed by atoms with Crippen molar-refractivity contribution in [3.63, 3.8) is 0 Å². The Morgan fingerprint density at radius 3 is 2.71 bits per heavy atom. The topological polar surface area (TPSA) is 73.1 Å². The van der Waals surface area contributed by atoms with Gasteiger partial charge in [-0.05, 0) is 95.0 Å². The number of benzene rings is 3. The average molecular weight is 637 g/mol. The van der Waals surface area contributed by atoms with E-state index in [-0.39, 0.29) is 17.4 Å². The lowest BCUT2D eigenvalue weighted by molar-refractivity contribution is 0.340. The second-order valence-corrected chi connectivity index (χ2v) is 11.3. The summed E-state index contributed by atoms with van der Waals surface area (Å²) in [5.74, 6) is 1.27. The second-order valence-electron chi connectivity index (χ2n) is 9.17. The predicted octanol–water partition coefficient (Wildman–Crippen LogP) is 5.04. The fourth-order valence-electron chi connectivity index (χ4n) is 5.22. The molecule has 0 saturated carbocycles. The highest BCUT2D eigenvalue weighted by atomic mass is 127. The van der Waals surface area contributed by atoms with Crippen LogP contribution in [0.5, 0.6) is 17.2 Å². The number of fused-ring (bicyclic) bond motifs is 3. The van der Waals surface area contributed by atoms with Gasteiger partial charge in [0.05, 0.1) is 33.6 Å². The van der Waals surface area contributed by atoms with Gasteiger partial charge in [-0.25, -0.2) is 4.99 Å². The first kappa shape index (κ1) is 24.9. The number of phenolic OH excluding ortho intramolecular Hbond substituents is 1. The van der Waals surface area contributed by atoms with Crippen molar-refractivity contribution in [2.24, 2.45) is 4.99 Å². The number of hydrogen-bond donors (Lipinski definition) is 1. The van der Waals surface area contributed by atoms with Crippen molar-refractivity contribution < 1.29 is 14.6 Å². The number of hydrogen-bond acceptors (Lipinski definition) is 6. The number of thiazole rings is 1. The molecule has 192 valence electrons. The van der Waals surface area contributed by atoms with Crippen LogP contribution in [0.15, 0.2) is 76.0 Å². The van der Waals surface area contributed by atoms with Crippen LogP contribution < -0.4 is 24.4 Å². The molecule has 4 aromatic rings. The van der Waals surface area contributed by atoms with Gasteiger partial charge in [-0.1, -0.05) is 47.7 Å². The number of ether oxygens (including phenoxy) is 2. The molecule has 2 aliphatic rings. The van der Waals surface area contributed by atoms with E-state index in [1.54, 1.807) is 6.07 Å². The van der Waals surface area contributed by atoms with Crippen LogP contribution in [0, 0.1) is 3.57 Å². The summed E-state index contributed by atoms with van der Waals surface area (Å²) in [6.45, 7) is 2.56. The van der Waals surface area contributed by atoms with E-state index in [1.165, 1.54) is 24.0 Å². The SMILES string of the molecule is CCOc1ccc(C2C3=C(N=c4sc(=Cc5cc(I)c(O)c(OC)c5)c(=O)n42)c2ccccc2CC3)cc1. The molecule has 8 heteroatoms. The number of nitrogens with zero attached hydrogens (tertiary/aromatic N) is 2. The Hall–Kier alpha value is -3.37. The molecule has 1 aliphatic heterocycles. The lowest BCUT2D eigenvalue weighted by atomic mass is 9.83. The van der Waals surface area contributed by atoms with Crippen LogP contribution >= 0.6 is 33.9 Å². The van der Waals surface area contributed by atoms with Crippen molar-refractivity contribution in [3.8, 4) is 17.2 Å². The highest BCUT2D eigenvalue weighted by molar-refractivity contribution is 14.1. The van der Waals surface area contributed by atoms with Gasteiger partial charge < -0.3 is 14.6 Å². The maximum Gasteiger partial charge on any atom is 0.271 e. The summed E-state index contributed by atoms with van der Waals surface area (Å²) in [5, 5.41) is 10.2. The number of aryl methyl sites for hydroxylation is 1. The number of halogens is 1. The van der Waals surface area contributed by atoms with Gasteiger partial charge >= 0.3 is 0 Å². The van der Waals surface area contributed by atoms with Gasteiger partial charge in [-0.2, -0.15) is 0 Å². The Morgan fingerprint density at radius 1 is 1.16 bits per heavy atom. The zero-order valence-corrected chi connectivity index (χ0v) is 23.9. The normalized spacial score (nSPS) is 16.4. The number of aromatic nitrogens is 1. The largest absolute Gasteiger partial charge is 0.504 e. The van der Waals surface area contributed by atoms with E-state index in [1.807, 2.05) is 41.8 Å². The molecule has 1 N–H and O–H groups in total. The van der Waals surface area contributed by atoms with Crippen LogP contribution in [0.1, 0.15) is 41.6 Å². The minimum absolute atomic E-state index is 0.0832. The first-order valence-corrected chi connectivity index (χ1v) is 14.3. The maximum atomic E-state index is 13.9. The molecule has 1 aromatic heterocycles. The Morgan fingerprint density at radius 2 is 1.95 bits per heavy atom. The van der Waals surface area contributed by atoms with Crippen LogP contribution in [0.3, 0.4) is 0 Å². The summed E-state index contributed by atoms with van der Waals surface area (Å²) in [7, 11) is 1.52. The van der Waals surface area contributed by atoms with Crippen molar-refractivity contribution in [1.82, 2.24) is 4.57 Å². The minimum atomic E-state index is -0.248. The molecule has 6 nitrogen and oxygen atoms in total. The van der Waals surface area contributed by atoms with Gasteiger partial charge in [-0.3, -0.25) is 9.36 Å². The van der Waals surface area contributed by atoms with Crippen LogP contribution in [-0.2, 0) is 6.42 Å². The molecular formula is C30H25IN2O4S. The van der Waals surface area contributed by atoms with Gasteiger partial charge in [0.25, 0.3) is 5.56 Å². The van der Waals surface area contributed by atoms with Gasteiger partial charge in [-0.15, -0.1) is 0 Å². The molecule has 0 radical (unpaired) electrons. The molecule has 0 fully saturated rings. The van der Waals surface area contributed by atoms with Crippen LogP contribution in [-0.4, -0.2) is 23.4 Å². The molecule has 1 unspecified atom stereocenters. The van der Waals surface area contributed by atoms with E-state index in [0.29, 0.717) is 25.3 Å². The summed E-state index contributed by atoms with van der Waals surface area (Å²) in [4.78, 5) is 19.7. The third kappa shape index (κ3) is 4.25. The lowest BCUT2D eigenvalue weighted by Gasteiger charge is -2.30. The maximum absolute atomic E-state index is 13.9. The predicted molar refractivity (Wildman–Crippen MR) is 158 cm³/mol. The molecule has 2 heterocycles. The molecule has 3 aromatic carbocycles. The Kier molecular flexibility index (Phi) is 6.61. The third-order valence-corrected chi connectivity index (χ3v) is 8.75. The Labute approximate surface area is 237 Å². The summed E-state index contributed by atoms with van der Waals surface area (Å²) < 4.78 is 14.1. The third-order valence-electron chi connectivity index (χ3n) is 6.95. The second kappa shape index (κ2) is 10.1. The number of aromatic hydroxyl groups is 1. The number of allylic oxidation sites excluding steroid dienone is 1. The summed E-state index contributed by atoms with van der Waals surface area (Å²) in [5.41, 5.74) is 6.28. The molecule has 1 atom stereocenters. The molecule has 38 heavy (non-hydrogen) atoms. The number of rotatable bonds is 5. The van der Waals surface area contributed by atoms with E-state index >= 15 is 0 Å². The highest BCUT2D eigenvalue weighted by Gasteiger charge is 2.32. The first-order valence-electron chi connectivity index (χ1n) is 12.4. The monoisotopic (exact) mass is 636 g/mol. The van der Waals surface area contributed by atoms with Crippen molar-refractivity contribution in [2.75, 3.05) is 13.7 Å². The van der Waals surface area contributed by atoms with E-state index in [4.69, 9.17) is 14.5 Å². The molecule has 0 spiro atoms. The molecule has 1 aliphatic carbocycles. The molecular weight excluding hydrogens is 611 g/mol. The van der Waals surface area contributed by atoms with Gasteiger partial charge in [0.15, 0.2) is 16.3 Å². The summed E-state index contributed by atoms with van der Waals surface area (Å²) in [6, 6.07) is 19.8. The van der Waals surface area contributed by atoms with Crippen LogP contribution in [0.25, 0.3) is 11.8 Å². The van der Waals surface area contributed by atoms with Crippen molar-refractivity contribution in [1.29, 1.82) is 0 Å². The number of phenols is 1. The first-order chi connectivity index (χ1) is 18.5. The van der Waals surface area contributed by atoms with Gasteiger partial charge in [0, 0.05) is 5.56 Å². The smallest absolute Gasteiger partial charge is 0.271 e.